The fourth-order valence-corrected chi connectivity index (χ4v) is 3.32. The SMILES string of the molecule is CCN(CCCS(=O)(=O)CC)CC1CCNCC1. The molecule has 0 saturated carbocycles. The zero-order valence-electron chi connectivity index (χ0n) is 11.8. The predicted octanol–water partition coefficient (Wildman–Crippen LogP) is 1.13. The Hall–Kier alpha value is -0.130. The molecule has 0 spiro atoms. The zero-order chi connectivity index (χ0) is 13.4. The van der Waals surface area contributed by atoms with Crippen molar-refractivity contribution < 1.29 is 8.42 Å². The lowest BCUT2D eigenvalue weighted by atomic mass is 9.97. The van der Waals surface area contributed by atoms with Crippen LogP contribution in [0, 0.1) is 5.92 Å². The van der Waals surface area contributed by atoms with Crippen molar-refractivity contribution in [2.45, 2.75) is 33.1 Å². The standard InChI is InChI=1S/C13H28N2O2S/c1-3-15(10-5-11-18(16,17)4-2)12-13-6-8-14-9-7-13/h13-14H,3-12H2,1-2H3. The number of sulfone groups is 1. The summed E-state index contributed by atoms with van der Waals surface area (Å²) in [7, 11) is -2.79. The Kier molecular flexibility index (Phi) is 7.19. The monoisotopic (exact) mass is 276 g/mol. The van der Waals surface area contributed by atoms with Crippen molar-refractivity contribution in [3.05, 3.63) is 0 Å². The van der Waals surface area contributed by atoms with Crippen molar-refractivity contribution in [2.75, 3.05) is 44.2 Å². The highest BCUT2D eigenvalue weighted by Gasteiger charge is 2.16. The van der Waals surface area contributed by atoms with Gasteiger partial charge in [0.2, 0.25) is 0 Å². The zero-order valence-corrected chi connectivity index (χ0v) is 12.6. The van der Waals surface area contributed by atoms with Crippen LogP contribution in [0.5, 0.6) is 0 Å². The summed E-state index contributed by atoms with van der Waals surface area (Å²) in [5, 5.41) is 3.38. The summed E-state index contributed by atoms with van der Waals surface area (Å²) in [6.07, 6.45) is 3.28. The van der Waals surface area contributed by atoms with Gasteiger partial charge in [-0.25, -0.2) is 8.42 Å². The van der Waals surface area contributed by atoms with Crippen molar-refractivity contribution in [3.8, 4) is 0 Å². The van der Waals surface area contributed by atoms with Crippen LogP contribution in [0.3, 0.4) is 0 Å². The summed E-state index contributed by atoms with van der Waals surface area (Å²) in [6, 6.07) is 0. The van der Waals surface area contributed by atoms with Gasteiger partial charge in [-0.2, -0.15) is 0 Å². The van der Waals surface area contributed by atoms with Crippen molar-refractivity contribution in [3.63, 3.8) is 0 Å². The number of hydrogen-bond donors (Lipinski definition) is 1. The van der Waals surface area contributed by atoms with E-state index in [1.165, 1.54) is 12.8 Å². The van der Waals surface area contributed by atoms with E-state index in [2.05, 4.69) is 17.1 Å². The molecular weight excluding hydrogens is 248 g/mol. The lowest BCUT2D eigenvalue weighted by Crippen LogP contribution is -2.37. The van der Waals surface area contributed by atoms with Gasteiger partial charge in [-0.05, 0) is 51.4 Å². The minimum atomic E-state index is -2.79. The smallest absolute Gasteiger partial charge is 0.150 e. The molecule has 0 aliphatic carbocycles. The Morgan fingerprint density at radius 3 is 2.44 bits per heavy atom. The molecule has 0 radical (unpaired) electrons. The Balaban J connectivity index is 2.24. The number of nitrogens with zero attached hydrogens (tertiary/aromatic N) is 1. The van der Waals surface area contributed by atoms with Gasteiger partial charge in [0.25, 0.3) is 0 Å². The second-order valence-corrected chi connectivity index (χ2v) is 7.65. The van der Waals surface area contributed by atoms with Crippen LogP contribution >= 0.6 is 0 Å². The first kappa shape index (κ1) is 15.9. The van der Waals surface area contributed by atoms with E-state index in [0.717, 1.165) is 45.1 Å². The van der Waals surface area contributed by atoms with E-state index in [9.17, 15) is 8.42 Å². The third kappa shape index (κ3) is 6.16. The number of rotatable bonds is 8. The number of nitrogens with one attached hydrogen (secondary N) is 1. The summed E-state index contributed by atoms with van der Waals surface area (Å²) >= 11 is 0. The topological polar surface area (TPSA) is 49.4 Å². The largest absolute Gasteiger partial charge is 0.317 e. The van der Waals surface area contributed by atoms with Crippen molar-refractivity contribution in [2.24, 2.45) is 5.92 Å². The molecule has 1 aliphatic heterocycles. The maximum atomic E-state index is 11.4. The molecule has 1 N–H and O–H groups in total. The molecular formula is C13H28N2O2S. The summed E-state index contributed by atoms with van der Waals surface area (Å²) in [4.78, 5) is 2.40. The fraction of sp³-hybridized carbons (Fsp3) is 1.00. The molecule has 5 heteroatoms. The molecule has 1 aliphatic rings. The molecule has 1 heterocycles. The first-order valence-electron chi connectivity index (χ1n) is 7.21. The van der Waals surface area contributed by atoms with E-state index < -0.39 is 9.84 Å². The first-order chi connectivity index (χ1) is 8.57. The van der Waals surface area contributed by atoms with Crippen LogP contribution < -0.4 is 5.32 Å². The Morgan fingerprint density at radius 1 is 1.22 bits per heavy atom. The normalized spacial score (nSPS) is 18.4. The lowest BCUT2D eigenvalue weighted by molar-refractivity contribution is 0.214. The quantitative estimate of drug-likeness (QED) is 0.722. The van der Waals surface area contributed by atoms with Gasteiger partial charge in [0.05, 0.1) is 5.75 Å². The number of piperidine rings is 1. The van der Waals surface area contributed by atoms with Gasteiger partial charge >= 0.3 is 0 Å². The maximum Gasteiger partial charge on any atom is 0.150 e. The summed E-state index contributed by atoms with van der Waals surface area (Å²) in [5.41, 5.74) is 0. The van der Waals surface area contributed by atoms with E-state index in [1.54, 1.807) is 6.92 Å². The molecule has 0 bridgehead atoms. The van der Waals surface area contributed by atoms with Gasteiger partial charge in [0.1, 0.15) is 9.84 Å². The maximum absolute atomic E-state index is 11.4. The third-order valence-electron chi connectivity index (χ3n) is 3.79. The van der Waals surface area contributed by atoms with Crippen molar-refractivity contribution in [1.29, 1.82) is 0 Å². The van der Waals surface area contributed by atoms with E-state index in [1.807, 2.05) is 0 Å². The highest BCUT2D eigenvalue weighted by atomic mass is 32.2. The molecule has 0 aromatic carbocycles. The minimum absolute atomic E-state index is 0.271. The average Bonchev–Trinajstić information content (AvgIpc) is 2.38. The Bertz CT molecular complexity index is 311. The molecule has 0 unspecified atom stereocenters. The third-order valence-corrected chi connectivity index (χ3v) is 5.58. The van der Waals surface area contributed by atoms with E-state index >= 15 is 0 Å². The summed E-state index contributed by atoms with van der Waals surface area (Å²) in [6.45, 7) is 9.22. The second kappa shape index (κ2) is 8.12. The Labute approximate surface area is 112 Å². The molecule has 108 valence electrons. The van der Waals surface area contributed by atoms with Gasteiger partial charge in [-0.1, -0.05) is 13.8 Å². The van der Waals surface area contributed by atoms with Gasteiger partial charge in [0.15, 0.2) is 0 Å². The molecule has 0 aromatic rings. The molecule has 1 fully saturated rings. The highest BCUT2D eigenvalue weighted by molar-refractivity contribution is 7.91. The second-order valence-electron chi connectivity index (χ2n) is 5.18. The van der Waals surface area contributed by atoms with Gasteiger partial charge < -0.3 is 10.2 Å². The van der Waals surface area contributed by atoms with Crippen LogP contribution in [0.15, 0.2) is 0 Å². The fourth-order valence-electron chi connectivity index (χ4n) is 2.46. The average molecular weight is 276 g/mol. The molecule has 0 aromatic heterocycles. The van der Waals surface area contributed by atoms with Crippen LogP contribution in [-0.4, -0.2) is 57.5 Å². The Morgan fingerprint density at radius 2 is 1.89 bits per heavy atom. The van der Waals surface area contributed by atoms with Crippen LogP contribution in [0.2, 0.25) is 0 Å². The molecule has 0 atom stereocenters. The van der Waals surface area contributed by atoms with Crippen molar-refractivity contribution in [1.82, 2.24) is 10.2 Å². The van der Waals surface area contributed by atoms with Crippen LogP contribution in [0.4, 0.5) is 0 Å². The summed E-state index contributed by atoms with van der Waals surface area (Å²) in [5.74, 6) is 1.40. The molecule has 0 amide bonds. The van der Waals surface area contributed by atoms with Gasteiger partial charge in [0, 0.05) is 12.3 Å². The molecule has 1 saturated heterocycles. The minimum Gasteiger partial charge on any atom is -0.317 e. The van der Waals surface area contributed by atoms with E-state index in [-0.39, 0.29) is 5.75 Å². The highest BCUT2D eigenvalue weighted by Crippen LogP contribution is 2.13. The lowest BCUT2D eigenvalue weighted by Gasteiger charge is -2.29. The molecule has 1 rings (SSSR count). The van der Waals surface area contributed by atoms with E-state index in [0.29, 0.717) is 5.75 Å². The first-order valence-corrected chi connectivity index (χ1v) is 9.03. The van der Waals surface area contributed by atoms with Crippen LogP contribution in [-0.2, 0) is 9.84 Å². The predicted molar refractivity (Wildman–Crippen MR) is 76.7 cm³/mol. The van der Waals surface area contributed by atoms with Crippen molar-refractivity contribution >= 4 is 9.84 Å². The van der Waals surface area contributed by atoms with Crippen LogP contribution in [0.25, 0.3) is 0 Å². The molecule has 4 nitrogen and oxygen atoms in total. The summed E-state index contributed by atoms with van der Waals surface area (Å²) < 4.78 is 22.9. The van der Waals surface area contributed by atoms with Crippen LogP contribution in [0.1, 0.15) is 33.1 Å². The van der Waals surface area contributed by atoms with Gasteiger partial charge in [-0.3, -0.25) is 0 Å². The van der Waals surface area contributed by atoms with E-state index in [4.69, 9.17) is 0 Å². The molecule has 18 heavy (non-hydrogen) atoms. The number of hydrogen-bond acceptors (Lipinski definition) is 4. The van der Waals surface area contributed by atoms with Gasteiger partial charge in [-0.15, -0.1) is 0 Å².